The minimum atomic E-state index is 0.595. The number of hydrogen-bond acceptors (Lipinski definition) is 4. The zero-order valence-corrected chi connectivity index (χ0v) is 8.62. The van der Waals surface area contributed by atoms with Crippen molar-refractivity contribution in [2.24, 2.45) is 0 Å². The molecular weight excluding hydrogens is 208 g/mol. The van der Waals surface area contributed by atoms with Gasteiger partial charge in [0, 0.05) is 16.3 Å². The van der Waals surface area contributed by atoms with E-state index in [9.17, 15) is 0 Å². The lowest BCUT2D eigenvalue weighted by Gasteiger charge is -1.95. The van der Waals surface area contributed by atoms with Gasteiger partial charge in [-0.3, -0.25) is 0 Å². The maximum atomic E-state index is 5.60. The van der Waals surface area contributed by atoms with Crippen molar-refractivity contribution in [2.75, 3.05) is 5.73 Å². The standard InChI is InChI=1S/C11H8N2OS/c12-11-13-9(6-15-11)7-1-2-10-8(5-7)3-4-14-10/h1-6H,(H2,12,13). The highest BCUT2D eigenvalue weighted by molar-refractivity contribution is 7.13. The van der Waals surface area contributed by atoms with Gasteiger partial charge in [-0.15, -0.1) is 11.3 Å². The van der Waals surface area contributed by atoms with E-state index in [4.69, 9.17) is 10.2 Å². The first-order chi connectivity index (χ1) is 7.33. The number of benzene rings is 1. The summed E-state index contributed by atoms with van der Waals surface area (Å²) in [5, 5.41) is 3.63. The first-order valence-electron chi connectivity index (χ1n) is 4.51. The molecule has 0 saturated carbocycles. The molecule has 0 atom stereocenters. The molecule has 0 aliphatic carbocycles. The fourth-order valence-electron chi connectivity index (χ4n) is 1.55. The lowest BCUT2D eigenvalue weighted by molar-refractivity contribution is 0.616. The van der Waals surface area contributed by atoms with Crippen LogP contribution in [-0.4, -0.2) is 4.98 Å². The van der Waals surface area contributed by atoms with Crippen LogP contribution in [0.15, 0.2) is 40.3 Å². The van der Waals surface area contributed by atoms with Gasteiger partial charge >= 0.3 is 0 Å². The van der Waals surface area contributed by atoms with Crippen molar-refractivity contribution in [3.05, 3.63) is 35.9 Å². The molecule has 2 N–H and O–H groups in total. The van der Waals surface area contributed by atoms with Gasteiger partial charge in [0.2, 0.25) is 0 Å². The van der Waals surface area contributed by atoms with Crippen molar-refractivity contribution in [3.8, 4) is 11.3 Å². The third kappa shape index (κ3) is 1.39. The third-order valence-electron chi connectivity index (χ3n) is 2.27. The molecule has 0 spiro atoms. The molecule has 0 saturated heterocycles. The topological polar surface area (TPSA) is 52.0 Å². The molecule has 0 bridgehead atoms. The number of thiazole rings is 1. The second-order valence-corrected chi connectivity index (χ2v) is 4.13. The maximum Gasteiger partial charge on any atom is 0.180 e. The Balaban J connectivity index is 2.18. The molecule has 4 heteroatoms. The summed E-state index contributed by atoms with van der Waals surface area (Å²) >= 11 is 1.45. The number of hydrogen-bond donors (Lipinski definition) is 1. The van der Waals surface area contributed by atoms with E-state index in [1.807, 2.05) is 29.6 Å². The molecule has 0 amide bonds. The minimum absolute atomic E-state index is 0.595. The summed E-state index contributed by atoms with van der Waals surface area (Å²) in [5.41, 5.74) is 8.47. The first-order valence-corrected chi connectivity index (χ1v) is 5.39. The number of aromatic nitrogens is 1. The monoisotopic (exact) mass is 216 g/mol. The summed E-state index contributed by atoms with van der Waals surface area (Å²) in [6.45, 7) is 0. The van der Waals surface area contributed by atoms with Crippen LogP contribution in [0.5, 0.6) is 0 Å². The van der Waals surface area contributed by atoms with Crippen molar-refractivity contribution in [2.45, 2.75) is 0 Å². The molecule has 15 heavy (non-hydrogen) atoms. The highest BCUT2D eigenvalue weighted by Crippen LogP contribution is 2.26. The molecule has 3 aromatic rings. The van der Waals surface area contributed by atoms with E-state index < -0.39 is 0 Å². The second kappa shape index (κ2) is 3.10. The number of anilines is 1. The Hall–Kier alpha value is -1.81. The van der Waals surface area contributed by atoms with Gasteiger partial charge < -0.3 is 10.2 Å². The van der Waals surface area contributed by atoms with Gasteiger partial charge in [-0.25, -0.2) is 4.98 Å². The Morgan fingerprint density at radius 3 is 3.00 bits per heavy atom. The molecule has 74 valence electrons. The van der Waals surface area contributed by atoms with E-state index in [2.05, 4.69) is 4.98 Å². The normalized spacial score (nSPS) is 10.9. The van der Waals surface area contributed by atoms with Crippen LogP contribution >= 0.6 is 11.3 Å². The van der Waals surface area contributed by atoms with Gasteiger partial charge in [-0.05, 0) is 24.3 Å². The van der Waals surface area contributed by atoms with Crippen LogP contribution < -0.4 is 5.73 Å². The maximum absolute atomic E-state index is 5.60. The van der Waals surface area contributed by atoms with Crippen molar-refractivity contribution in [1.82, 2.24) is 4.98 Å². The second-order valence-electron chi connectivity index (χ2n) is 3.24. The quantitative estimate of drug-likeness (QED) is 0.679. The Labute approximate surface area is 90.2 Å². The van der Waals surface area contributed by atoms with Gasteiger partial charge in [0.15, 0.2) is 5.13 Å². The summed E-state index contributed by atoms with van der Waals surface area (Å²) in [4.78, 5) is 4.24. The fourth-order valence-corrected chi connectivity index (χ4v) is 2.12. The largest absolute Gasteiger partial charge is 0.464 e. The molecule has 3 nitrogen and oxygen atoms in total. The molecule has 2 aromatic heterocycles. The molecule has 0 unspecified atom stereocenters. The van der Waals surface area contributed by atoms with Crippen molar-refractivity contribution in [3.63, 3.8) is 0 Å². The zero-order valence-electron chi connectivity index (χ0n) is 7.81. The number of nitrogens with two attached hydrogens (primary N) is 1. The number of nitrogen functional groups attached to an aromatic ring is 1. The number of nitrogens with zero attached hydrogens (tertiary/aromatic N) is 1. The molecule has 0 aliphatic rings. The number of rotatable bonds is 1. The Morgan fingerprint density at radius 1 is 1.27 bits per heavy atom. The van der Waals surface area contributed by atoms with Crippen LogP contribution in [-0.2, 0) is 0 Å². The van der Waals surface area contributed by atoms with E-state index in [1.165, 1.54) is 11.3 Å². The highest BCUT2D eigenvalue weighted by Gasteiger charge is 2.04. The van der Waals surface area contributed by atoms with E-state index in [-0.39, 0.29) is 0 Å². The predicted octanol–water partition coefficient (Wildman–Crippen LogP) is 3.14. The van der Waals surface area contributed by atoms with E-state index in [0.717, 1.165) is 22.2 Å². The van der Waals surface area contributed by atoms with Gasteiger partial charge in [0.1, 0.15) is 5.58 Å². The molecule has 0 aliphatic heterocycles. The Bertz CT molecular complexity index is 612. The SMILES string of the molecule is Nc1nc(-c2ccc3occc3c2)cs1. The van der Waals surface area contributed by atoms with Crippen LogP contribution in [0.3, 0.4) is 0 Å². The Kier molecular flexibility index (Phi) is 1.76. The van der Waals surface area contributed by atoms with E-state index in [0.29, 0.717) is 5.13 Å². The van der Waals surface area contributed by atoms with Crippen molar-refractivity contribution in [1.29, 1.82) is 0 Å². The third-order valence-corrected chi connectivity index (χ3v) is 2.94. The average molecular weight is 216 g/mol. The lowest BCUT2D eigenvalue weighted by atomic mass is 10.1. The average Bonchev–Trinajstić information content (AvgIpc) is 2.84. The van der Waals surface area contributed by atoms with Crippen LogP contribution in [0.25, 0.3) is 22.2 Å². The van der Waals surface area contributed by atoms with Crippen LogP contribution in [0.2, 0.25) is 0 Å². The van der Waals surface area contributed by atoms with E-state index >= 15 is 0 Å². The van der Waals surface area contributed by atoms with Crippen LogP contribution in [0, 0.1) is 0 Å². The highest BCUT2D eigenvalue weighted by atomic mass is 32.1. The summed E-state index contributed by atoms with van der Waals surface area (Å²) in [7, 11) is 0. The molecule has 3 rings (SSSR count). The summed E-state index contributed by atoms with van der Waals surface area (Å²) in [6.07, 6.45) is 1.68. The molecule has 0 fully saturated rings. The van der Waals surface area contributed by atoms with Crippen LogP contribution in [0.1, 0.15) is 0 Å². The van der Waals surface area contributed by atoms with Gasteiger partial charge in [-0.2, -0.15) is 0 Å². The van der Waals surface area contributed by atoms with Gasteiger partial charge in [0.25, 0.3) is 0 Å². The fraction of sp³-hybridized carbons (Fsp3) is 0. The molecule has 0 radical (unpaired) electrons. The van der Waals surface area contributed by atoms with Gasteiger partial charge in [-0.1, -0.05) is 0 Å². The molecular formula is C11H8N2OS. The summed E-state index contributed by atoms with van der Waals surface area (Å²) in [5.74, 6) is 0. The Morgan fingerprint density at radius 2 is 2.20 bits per heavy atom. The van der Waals surface area contributed by atoms with Gasteiger partial charge in [0.05, 0.1) is 12.0 Å². The summed E-state index contributed by atoms with van der Waals surface area (Å²) in [6, 6.07) is 7.92. The minimum Gasteiger partial charge on any atom is -0.464 e. The van der Waals surface area contributed by atoms with E-state index in [1.54, 1.807) is 6.26 Å². The molecule has 2 heterocycles. The molecule has 1 aromatic carbocycles. The van der Waals surface area contributed by atoms with Crippen molar-refractivity contribution < 1.29 is 4.42 Å². The lowest BCUT2D eigenvalue weighted by Crippen LogP contribution is -1.82. The predicted molar refractivity (Wildman–Crippen MR) is 61.7 cm³/mol. The zero-order chi connectivity index (χ0) is 10.3. The first kappa shape index (κ1) is 8.49. The van der Waals surface area contributed by atoms with Crippen molar-refractivity contribution >= 4 is 27.4 Å². The summed E-state index contributed by atoms with van der Waals surface area (Å²) < 4.78 is 5.27. The van der Waals surface area contributed by atoms with Crippen LogP contribution in [0.4, 0.5) is 5.13 Å². The number of furan rings is 1. The smallest absolute Gasteiger partial charge is 0.180 e. The number of fused-ring (bicyclic) bond motifs is 1.